The number of nitrogens with one attached hydrogen (secondary N) is 1. The zero-order valence-corrected chi connectivity index (χ0v) is 16.6. The molecule has 3 unspecified atom stereocenters. The molecular formula is C17H33IN4. The maximum absolute atomic E-state index is 4.75. The minimum absolute atomic E-state index is 0. The Morgan fingerprint density at radius 3 is 2.64 bits per heavy atom. The van der Waals surface area contributed by atoms with Crippen LogP contribution in [0.5, 0.6) is 0 Å². The smallest absolute Gasteiger partial charge is 0.194 e. The van der Waals surface area contributed by atoms with E-state index in [0.29, 0.717) is 6.04 Å². The van der Waals surface area contributed by atoms with Crippen molar-refractivity contribution in [2.75, 3.05) is 32.7 Å². The lowest BCUT2D eigenvalue weighted by molar-refractivity contribution is 0.249. The van der Waals surface area contributed by atoms with Crippen LogP contribution in [-0.4, -0.2) is 60.6 Å². The topological polar surface area (TPSA) is 30.9 Å². The Morgan fingerprint density at radius 2 is 1.95 bits per heavy atom. The van der Waals surface area contributed by atoms with E-state index in [1.165, 1.54) is 70.7 Å². The fourth-order valence-corrected chi connectivity index (χ4v) is 4.01. The lowest BCUT2D eigenvalue weighted by Gasteiger charge is -2.25. The molecule has 3 aliphatic rings. The van der Waals surface area contributed by atoms with Crippen LogP contribution in [0.15, 0.2) is 4.99 Å². The molecular weight excluding hydrogens is 387 g/mol. The lowest BCUT2D eigenvalue weighted by Crippen LogP contribution is -2.44. The summed E-state index contributed by atoms with van der Waals surface area (Å²) in [6.07, 6.45) is 8.13. The van der Waals surface area contributed by atoms with Crippen molar-refractivity contribution >= 4 is 29.9 Å². The number of guanidine groups is 1. The highest BCUT2D eigenvalue weighted by atomic mass is 127. The van der Waals surface area contributed by atoms with Crippen LogP contribution in [0.1, 0.15) is 52.4 Å². The van der Waals surface area contributed by atoms with Gasteiger partial charge in [-0.2, -0.15) is 0 Å². The van der Waals surface area contributed by atoms with E-state index in [1.807, 2.05) is 0 Å². The van der Waals surface area contributed by atoms with Crippen LogP contribution in [0.25, 0.3) is 0 Å². The zero-order chi connectivity index (χ0) is 14.7. The van der Waals surface area contributed by atoms with Crippen molar-refractivity contribution in [1.82, 2.24) is 15.1 Å². The summed E-state index contributed by atoms with van der Waals surface area (Å²) in [5.74, 6) is 2.08. The highest BCUT2D eigenvalue weighted by Crippen LogP contribution is 2.34. The first-order valence-electron chi connectivity index (χ1n) is 9.11. The summed E-state index contributed by atoms with van der Waals surface area (Å²) in [5, 5.41) is 3.74. The molecule has 0 aromatic rings. The van der Waals surface area contributed by atoms with E-state index in [1.54, 1.807) is 0 Å². The Bertz CT molecular complexity index is 368. The molecule has 0 aromatic heterocycles. The van der Waals surface area contributed by atoms with E-state index >= 15 is 0 Å². The summed E-state index contributed by atoms with van der Waals surface area (Å²) in [5.41, 5.74) is 0. The molecule has 1 aliphatic carbocycles. The molecule has 5 heteroatoms. The fraction of sp³-hybridized carbons (Fsp3) is 0.941. The van der Waals surface area contributed by atoms with E-state index < -0.39 is 0 Å². The Balaban J connectivity index is 0.00000176. The highest BCUT2D eigenvalue weighted by Gasteiger charge is 2.38. The van der Waals surface area contributed by atoms with Crippen molar-refractivity contribution in [3.05, 3.63) is 0 Å². The Hall–Kier alpha value is -0.0400. The minimum atomic E-state index is 0. The second kappa shape index (κ2) is 8.71. The average molecular weight is 420 g/mol. The van der Waals surface area contributed by atoms with Crippen molar-refractivity contribution in [3.63, 3.8) is 0 Å². The number of hydrogen-bond acceptors (Lipinski definition) is 2. The third kappa shape index (κ3) is 4.49. The van der Waals surface area contributed by atoms with Gasteiger partial charge in [-0.3, -0.25) is 9.89 Å². The van der Waals surface area contributed by atoms with Crippen LogP contribution in [0, 0.1) is 5.92 Å². The van der Waals surface area contributed by atoms with Crippen molar-refractivity contribution in [3.8, 4) is 0 Å². The fourth-order valence-electron chi connectivity index (χ4n) is 4.01. The molecule has 0 spiro atoms. The van der Waals surface area contributed by atoms with Gasteiger partial charge in [0.05, 0.1) is 0 Å². The van der Waals surface area contributed by atoms with Gasteiger partial charge in [-0.05, 0) is 58.0 Å². The molecule has 22 heavy (non-hydrogen) atoms. The van der Waals surface area contributed by atoms with E-state index in [2.05, 4.69) is 29.0 Å². The van der Waals surface area contributed by atoms with Crippen LogP contribution in [0.4, 0.5) is 0 Å². The molecule has 2 aliphatic heterocycles. The number of nitrogens with zero attached hydrogens (tertiary/aromatic N) is 3. The Labute approximate surface area is 153 Å². The molecule has 2 saturated heterocycles. The summed E-state index contributed by atoms with van der Waals surface area (Å²) in [6, 6.07) is 1.46. The molecule has 4 nitrogen and oxygen atoms in total. The van der Waals surface area contributed by atoms with Gasteiger partial charge in [0.15, 0.2) is 5.96 Å². The Kier molecular flexibility index (Phi) is 7.25. The van der Waals surface area contributed by atoms with Crippen LogP contribution in [-0.2, 0) is 0 Å². The molecule has 1 saturated carbocycles. The molecule has 3 atom stereocenters. The van der Waals surface area contributed by atoms with E-state index in [-0.39, 0.29) is 24.0 Å². The first-order valence-corrected chi connectivity index (χ1v) is 9.11. The highest BCUT2D eigenvalue weighted by molar-refractivity contribution is 14.0. The number of hydrogen-bond donors (Lipinski definition) is 1. The van der Waals surface area contributed by atoms with Gasteiger partial charge < -0.3 is 10.2 Å². The maximum atomic E-state index is 4.75. The van der Waals surface area contributed by atoms with Crippen molar-refractivity contribution in [1.29, 1.82) is 0 Å². The predicted molar refractivity (Wildman–Crippen MR) is 104 cm³/mol. The van der Waals surface area contributed by atoms with E-state index in [0.717, 1.165) is 18.5 Å². The predicted octanol–water partition coefficient (Wildman–Crippen LogP) is 2.93. The molecule has 3 rings (SSSR count). The molecule has 0 bridgehead atoms. The van der Waals surface area contributed by atoms with Crippen LogP contribution >= 0.6 is 24.0 Å². The number of likely N-dealkylation sites (tertiary alicyclic amines) is 2. The molecule has 1 N–H and O–H groups in total. The van der Waals surface area contributed by atoms with Crippen LogP contribution < -0.4 is 5.32 Å². The third-order valence-electron chi connectivity index (χ3n) is 5.32. The van der Waals surface area contributed by atoms with Crippen molar-refractivity contribution in [2.45, 2.75) is 64.5 Å². The Morgan fingerprint density at radius 1 is 1.18 bits per heavy atom. The number of rotatable bonds is 5. The van der Waals surface area contributed by atoms with Crippen LogP contribution in [0.3, 0.4) is 0 Å². The molecule has 0 amide bonds. The van der Waals surface area contributed by atoms with Crippen LogP contribution in [0.2, 0.25) is 0 Å². The summed E-state index contributed by atoms with van der Waals surface area (Å²) < 4.78 is 0. The third-order valence-corrected chi connectivity index (χ3v) is 5.32. The molecule has 3 fully saturated rings. The minimum Gasteiger partial charge on any atom is -0.353 e. The van der Waals surface area contributed by atoms with Crippen molar-refractivity contribution < 1.29 is 0 Å². The van der Waals surface area contributed by atoms with Gasteiger partial charge in [0.2, 0.25) is 0 Å². The zero-order valence-electron chi connectivity index (χ0n) is 14.3. The number of aliphatic imine (C=N–C) groups is 1. The van der Waals surface area contributed by atoms with Crippen molar-refractivity contribution in [2.24, 2.45) is 10.9 Å². The lowest BCUT2D eigenvalue weighted by atomic mass is 10.2. The summed E-state index contributed by atoms with van der Waals surface area (Å²) >= 11 is 0. The number of halogens is 1. The monoisotopic (exact) mass is 420 g/mol. The van der Waals surface area contributed by atoms with Gasteiger partial charge in [0, 0.05) is 31.7 Å². The maximum Gasteiger partial charge on any atom is 0.194 e. The van der Waals surface area contributed by atoms with E-state index in [4.69, 9.17) is 4.99 Å². The quantitative estimate of drug-likeness (QED) is 0.422. The summed E-state index contributed by atoms with van der Waals surface area (Å²) in [6.45, 7) is 10.3. The van der Waals surface area contributed by atoms with Gasteiger partial charge in [0.25, 0.3) is 0 Å². The van der Waals surface area contributed by atoms with E-state index in [9.17, 15) is 0 Å². The second-order valence-corrected chi connectivity index (χ2v) is 6.96. The molecule has 0 aromatic carbocycles. The first kappa shape index (κ1) is 18.3. The van der Waals surface area contributed by atoms with Gasteiger partial charge in [-0.25, -0.2) is 0 Å². The normalized spacial score (nSPS) is 32.2. The summed E-state index contributed by atoms with van der Waals surface area (Å²) in [7, 11) is 0. The second-order valence-electron chi connectivity index (χ2n) is 6.96. The standard InChI is InChI=1S/C17H32N4.HI/c1-3-7-14-12-16(14)19-17(18-4-2)21-11-8-15(13-21)20-9-5-6-10-20;/h14-16H,3-13H2,1-2H3,(H,18,19);1H. The first-order chi connectivity index (χ1) is 10.3. The largest absolute Gasteiger partial charge is 0.353 e. The molecule has 0 radical (unpaired) electrons. The SMILES string of the molecule is CCCC1CC1NC(=NCC)N1CCC(N2CCCC2)C1.I. The average Bonchev–Trinajstić information content (AvgIpc) is 2.92. The molecule has 2 heterocycles. The van der Waals surface area contributed by atoms with Gasteiger partial charge >= 0.3 is 0 Å². The molecule has 128 valence electrons. The van der Waals surface area contributed by atoms with Gasteiger partial charge in [-0.15, -0.1) is 24.0 Å². The van der Waals surface area contributed by atoms with Gasteiger partial charge in [-0.1, -0.05) is 13.3 Å². The van der Waals surface area contributed by atoms with Gasteiger partial charge in [0.1, 0.15) is 0 Å². The summed E-state index contributed by atoms with van der Waals surface area (Å²) in [4.78, 5) is 9.96.